The molecule has 1 amide bonds. The van der Waals surface area contributed by atoms with Crippen LogP contribution in [0.4, 0.5) is 9.18 Å². The van der Waals surface area contributed by atoms with Gasteiger partial charge in [-0.25, -0.2) is 13.9 Å². The van der Waals surface area contributed by atoms with Gasteiger partial charge in [0.15, 0.2) is 0 Å². The summed E-state index contributed by atoms with van der Waals surface area (Å²) in [4.78, 5) is 14.0. The molecule has 2 heterocycles. The Morgan fingerprint density at radius 2 is 1.87 bits per heavy atom. The summed E-state index contributed by atoms with van der Waals surface area (Å²) >= 11 is 5.83. The Kier molecular flexibility index (Phi) is 8.74. The summed E-state index contributed by atoms with van der Waals surface area (Å²) in [6.07, 6.45) is 2.35. The molecule has 2 aromatic rings. The molecular formula is C23H33ClFN3O3. The van der Waals surface area contributed by atoms with Gasteiger partial charge in [0.2, 0.25) is 5.88 Å². The third-order valence-electron chi connectivity index (χ3n) is 4.79. The van der Waals surface area contributed by atoms with Crippen LogP contribution in [0.5, 0.6) is 5.88 Å². The van der Waals surface area contributed by atoms with E-state index in [1.807, 2.05) is 39.3 Å². The minimum Gasteiger partial charge on any atom is -0.470 e. The van der Waals surface area contributed by atoms with E-state index in [-0.39, 0.29) is 12.1 Å². The van der Waals surface area contributed by atoms with E-state index >= 15 is 0 Å². The Morgan fingerprint density at radius 1 is 1.23 bits per heavy atom. The summed E-state index contributed by atoms with van der Waals surface area (Å²) in [7, 11) is 0. The highest BCUT2D eigenvalue weighted by atomic mass is 35.5. The molecule has 31 heavy (non-hydrogen) atoms. The maximum atomic E-state index is 14.2. The van der Waals surface area contributed by atoms with Crippen LogP contribution in [0.1, 0.15) is 72.1 Å². The Balaban J connectivity index is 0.00000166. The summed E-state index contributed by atoms with van der Waals surface area (Å²) in [5, 5.41) is 4.74. The molecule has 0 saturated carbocycles. The molecule has 1 aliphatic heterocycles. The molecule has 0 bridgehead atoms. The largest absolute Gasteiger partial charge is 0.470 e. The van der Waals surface area contributed by atoms with Gasteiger partial charge in [0.1, 0.15) is 17.5 Å². The molecule has 8 heteroatoms. The van der Waals surface area contributed by atoms with Crippen LogP contribution in [0.3, 0.4) is 0 Å². The zero-order chi connectivity index (χ0) is 23.2. The van der Waals surface area contributed by atoms with E-state index in [2.05, 4.69) is 5.10 Å². The van der Waals surface area contributed by atoms with Crippen LogP contribution >= 0.6 is 11.6 Å². The molecule has 1 fully saturated rings. The van der Waals surface area contributed by atoms with Crippen LogP contribution in [-0.4, -0.2) is 39.5 Å². The van der Waals surface area contributed by atoms with Gasteiger partial charge in [0.25, 0.3) is 0 Å². The third kappa shape index (κ3) is 6.86. The number of hydrogen-bond donors (Lipinski definition) is 0. The number of carbonyl (C=O) groups excluding carboxylic acids is 1. The van der Waals surface area contributed by atoms with Gasteiger partial charge in [0.05, 0.1) is 12.2 Å². The van der Waals surface area contributed by atoms with Gasteiger partial charge < -0.3 is 14.4 Å². The highest BCUT2D eigenvalue weighted by Crippen LogP contribution is 2.30. The lowest BCUT2D eigenvalue weighted by Gasteiger charge is -2.34. The molecule has 0 radical (unpaired) electrons. The van der Waals surface area contributed by atoms with Crippen LogP contribution in [0.25, 0.3) is 0 Å². The number of carbonyl (C=O) groups is 1. The first kappa shape index (κ1) is 25.0. The zero-order valence-electron chi connectivity index (χ0n) is 19.2. The van der Waals surface area contributed by atoms with Crippen molar-refractivity contribution in [2.45, 2.75) is 72.1 Å². The highest BCUT2D eigenvalue weighted by molar-refractivity contribution is 6.30. The van der Waals surface area contributed by atoms with Crippen molar-refractivity contribution >= 4 is 17.7 Å². The number of piperidine rings is 1. The van der Waals surface area contributed by atoms with E-state index in [4.69, 9.17) is 21.1 Å². The molecule has 1 saturated heterocycles. The SMILES string of the molecule is CC.C[C@@H](Oc1ccnn1C1CCN(C(=O)OC(C)(C)C)CC1)c1ccc(Cl)cc1F. The van der Waals surface area contributed by atoms with Crippen LogP contribution < -0.4 is 4.74 Å². The number of likely N-dealkylation sites (tertiary alicyclic amines) is 1. The van der Waals surface area contributed by atoms with Gasteiger partial charge in [-0.1, -0.05) is 31.5 Å². The quantitative estimate of drug-likeness (QED) is 0.536. The van der Waals surface area contributed by atoms with Gasteiger partial charge in [-0.05, 0) is 52.7 Å². The predicted octanol–water partition coefficient (Wildman–Crippen LogP) is 6.41. The molecule has 1 atom stereocenters. The van der Waals surface area contributed by atoms with Crippen molar-refractivity contribution in [2.75, 3.05) is 13.1 Å². The van der Waals surface area contributed by atoms with E-state index in [0.717, 1.165) is 12.8 Å². The Bertz CT molecular complexity index is 858. The lowest BCUT2D eigenvalue weighted by Crippen LogP contribution is -2.42. The summed E-state index contributed by atoms with van der Waals surface area (Å²) in [6.45, 7) is 12.5. The summed E-state index contributed by atoms with van der Waals surface area (Å²) in [6, 6.07) is 6.41. The van der Waals surface area contributed by atoms with Gasteiger partial charge in [0, 0.05) is 29.7 Å². The molecule has 0 aliphatic carbocycles. The molecule has 1 aromatic carbocycles. The van der Waals surface area contributed by atoms with Crippen molar-refractivity contribution in [3.63, 3.8) is 0 Å². The van der Waals surface area contributed by atoms with E-state index in [1.54, 1.807) is 36.2 Å². The maximum Gasteiger partial charge on any atom is 0.410 e. The maximum absolute atomic E-state index is 14.2. The number of rotatable bonds is 4. The molecule has 1 aliphatic rings. The molecule has 0 unspecified atom stereocenters. The number of ether oxygens (including phenoxy) is 2. The first-order valence-corrected chi connectivity index (χ1v) is 11.1. The lowest BCUT2D eigenvalue weighted by molar-refractivity contribution is 0.0181. The topological polar surface area (TPSA) is 56.6 Å². The average molecular weight is 454 g/mol. The Labute approximate surface area is 189 Å². The third-order valence-corrected chi connectivity index (χ3v) is 5.03. The molecule has 0 N–H and O–H groups in total. The average Bonchev–Trinajstić information content (AvgIpc) is 3.16. The molecule has 0 spiro atoms. The monoisotopic (exact) mass is 453 g/mol. The van der Waals surface area contributed by atoms with E-state index in [1.165, 1.54) is 6.07 Å². The number of aromatic nitrogens is 2. The second kappa shape index (κ2) is 10.8. The van der Waals surface area contributed by atoms with Gasteiger partial charge in [-0.2, -0.15) is 5.10 Å². The van der Waals surface area contributed by atoms with Crippen LogP contribution in [0.2, 0.25) is 5.02 Å². The van der Waals surface area contributed by atoms with Crippen LogP contribution in [0.15, 0.2) is 30.5 Å². The predicted molar refractivity (Wildman–Crippen MR) is 120 cm³/mol. The summed E-state index contributed by atoms with van der Waals surface area (Å²) in [5.41, 5.74) is -0.0776. The molecular weight excluding hydrogens is 421 g/mol. The number of amides is 1. The second-order valence-electron chi connectivity index (χ2n) is 8.24. The smallest absolute Gasteiger partial charge is 0.410 e. The lowest BCUT2D eigenvalue weighted by atomic mass is 10.1. The van der Waals surface area contributed by atoms with Gasteiger partial charge >= 0.3 is 6.09 Å². The molecule has 3 rings (SSSR count). The second-order valence-corrected chi connectivity index (χ2v) is 8.67. The Morgan fingerprint density at radius 3 is 2.45 bits per heavy atom. The number of nitrogens with zero attached hydrogens (tertiary/aromatic N) is 3. The van der Waals surface area contributed by atoms with Gasteiger partial charge in [-0.3, -0.25) is 0 Å². The molecule has 1 aromatic heterocycles. The van der Waals surface area contributed by atoms with Crippen molar-refractivity contribution in [1.82, 2.24) is 14.7 Å². The number of hydrogen-bond acceptors (Lipinski definition) is 4. The van der Waals surface area contributed by atoms with E-state index in [0.29, 0.717) is 29.6 Å². The fourth-order valence-electron chi connectivity index (χ4n) is 3.36. The van der Waals surface area contributed by atoms with Crippen LogP contribution in [-0.2, 0) is 4.74 Å². The first-order chi connectivity index (χ1) is 14.6. The first-order valence-electron chi connectivity index (χ1n) is 10.8. The van der Waals surface area contributed by atoms with Crippen LogP contribution in [0, 0.1) is 5.82 Å². The van der Waals surface area contributed by atoms with Crippen molar-refractivity contribution in [3.8, 4) is 5.88 Å². The van der Waals surface area contributed by atoms with Gasteiger partial charge in [-0.15, -0.1) is 0 Å². The minimum absolute atomic E-state index is 0.0981. The Hall–Kier alpha value is -2.28. The summed E-state index contributed by atoms with van der Waals surface area (Å²) in [5.74, 6) is 0.171. The zero-order valence-corrected chi connectivity index (χ0v) is 19.9. The number of benzene rings is 1. The van der Waals surface area contributed by atoms with Crippen molar-refractivity contribution in [1.29, 1.82) is 0 Å². The van der Waals surface area contributed by atoms with Crippen molar-refractivity contribution in [3.05, 3.63) is 46.9 Å². The van der Waals surface area contributed by atoms with E-state index < -0.39 is 17.5 Å². The fraction of sp³-hybridized carbons (Fsp3) is 0.565. The van der Waals surface area contributed by atoms with Crippen molar-refractivity contribution in [2.24, 2.45) is 0 Å². The fourth-order valence-corrected chi connectivity index (χ4v) is 3.52. The normalized spacial score (nSPS) is 15.7. The highest BCUT2D eigenvalue weighted by Gasteiger charge is 2.29. The number of halogens is 2. The van der Waals surface area contributed by atoms with Crippen molar-refractivity contribution < 1.29 is 18.7 Å². The summed E-state index contributed by atoms with van der Waals surface area (Å²) < 4.78 is 27.4. The minimum atomic E-state index is -0.510. The molecule has 6 nitrogen and oxygen atoms in total. The standard InChI is InChI=1S/C21H27ClFN3O3.C2H6/c1-14(17-6-5-15(22)13-18(17)23)28-19-7-10-24-26(19)16-8-11-25(12-9-16)20(27)29-21(2,3)4;1-2/h5-7,10,13-14,16H,8-9,11-12H2,1-4H3;1-2H3/t14-;/m1./s1. The molecule has 172 valence electrons. The van der Waals surface area contributed by atoms with E-state index in [9.17, 15) is 9.18 Å².